The van der Waals surface area contributed by atoms with E-state index in [1.807, 2.05) is 0 Å². The molecule has 0 saturated carbocycles. The van der Waals surface area contributed by atoms with E-state index in [9.17, 15) is 0 Å². The molecule has 0 aromatic heterocycles. The minimum atomic E-state index is 0. The van der Waals surface area contributed by atoms with Gasteiger partial charge in [-0.05, 0) is 0 Å². The summed E-state index contributed by atoms with van der Waals surface area (Å²) in [5.74, 6) is 0. The van der Waals surface area contributed by atoms with Crippen molar-refractivity contribution in [2.24, 2.45) is 0 Å². The molecule has 1 aliphatic heterocycles. The summed E-state index contributed by atoms with van der Waals surface area (Å²) in [5.41, 5.74) is 0. The summed E-state index contributed by atoms with van der Waals surface area (Å²) >= 11 is 0.373. The first-order valence-electron chi connectivity index (χ1n) is 1.37. The van der Waals surface area contributed by atoms with Crippen LogP contribution < -0.4 is 0 Å². The summed E-state index contributed by atoms with van der Waals surface area (Å²) in [5, 5.41) is 0. The van der Waals surface area contributed by atoms with E-state index in [-0.39, 0.29) is 21.1 Å². The molecule has 6 heavy (non-hydrogen) atoms. The Balaban J connectivity index is 0.000000250. The van der Waals surface area contributed by atoms with E-state index in [0.29, 0.717) is 18.6 Å². The van der Waals surface area contributed by atoms with Crippen LogP contribution in [0.3, 0.4) is 0 Å². The molecule has 0 radical (unpaired) electrons. The van der Waals surface area contributed by atoms with E-state index in [1.165, 1.54) is 0 Å². The van der Waals surface area contributed by atoms with Crippen molar-refractivity contribution in [1.82, 2.24) is 0 Å². The van der Waals surface area contributed by atoms with Crippen molar-refractivity contribution < 1.29 is 39.6 Å². The molecule has 0 unspecified atom stereocenters. The molecule has 0 aliphatic carbocycles. The van der Waals surface area contributed by atoms with Crippen LogP contribution in [0.5, 0.6) is 0 Å². The molecule has 0 amide bonds. The molecule has 0 N–H and O–H groups in total. The molecule has 0 atom stereocenters. The summed E-state index contributed by atoms with van der Waals surface area (Å²) < 4.78 is 4.47. The molecule has 40 valence electrons. The third-order valence-corrected chi connectivity index (χ3v) is 2.10. The summed E-state index contributed by atoms with van der Waals surface area (Å²) in [6.07, 6.45) is 4.21. The molecular weight excluding hydrogens is 438 g/mol. The van der Waals surface area contributed by atoms with Gasteiger partial charge in [-0.15, -0.1) is 0 Å². The third-order valence-electron chi connectivity index (χ3n) is 0.355. The van der Waals surface area contributed by atoms with Crippen LogP contribution in [-0.4, -0.2) is 0 Å². The average molecular weight is 442 g/mol. The molecule has 1 rings (SSSR count). The van der Waals surface area contributed by atoms with Crippen LogP contribution >= 0.6 is 0 Å². The third kappa shape index (κ3) is 2.11. The van der Waals surface area contributed by atoms with Gasteiger partial charge in [0.15, 0.2) is 0 Å². The topological polar surface area (TPSA) is 0 Å². The standard InChI is InChI=1S/C4H4.2Pt/c1-3-4-2;;/h1-4H;;. The van der Waals surface area contributed by atoms with Crippen molar-refractivity contribution in [2.45, 2.75) is 0 Å². The van der Waals surface area contributed by atoms with Gasteiger partial charge in [0.2, 0.25) is 0 Å². The van der Waals surface area contributed by atoms with Gasteiger partial charge in [-0.25, -0.2) is 0 Å². The van der Waals surface area contributed by atoms with Crippen molar-refractivity contribution in [1.29, 1.82) is 0 Å². The van der Waals surface area contributed by atoms with Crippen LogP contribution in [0.25, 0.3) is 0 Å². The molecule has 0 aromatic carbocycles. The van der Waals surface area contributed by atoms with Crippen molar-refractivity contribution in [3.63, 3.8) is 0 Å². The van der Waals surface area contributed by atoms with Gasteiger partial charge in [0, 0.05) is 21.1 Å². The first-order valence-corrected chi connectivity index (χ1v) is 3.99. The van der Waals surface area contributed by atoms with Crippen LogP contribution in [-0.2, 0) is 39.6 Å². The number of hydrogen-bond acceptors (Lipinski definition) is 0. The van der Waals surface area contributed by atoms with Gasteiger partial charge in [0.05, 0.1) is 0 Å². The normalized spacial score (nSPS) is 16.0. The Morgan fingerprint density at radius 3 is 1.67 bits per heavy atom. The van der Waals surface area contributed by atoms with Crippen LogP contribution in [0.15, 0.2) is 21.1 Å². The van der Waals surface area contributed by atoms with Gasteiger partial charge in [0.25, 0.3) is 0 Å². The second-order valence-corrected chi connectivity index (χ2v) is 2.97. The molecule has 1 heterocycles. The van der Waals surface area contributed by atoms with Gasteiger partial charge in [-0.1, -0.05) is 0 Å². The van der Waals surface area contributed by atoms with E-state index < -0.39 is 0 Å². The maximum atomic E-state index is 2.24. The number of allylic oxidation sites excluding steroid dienone is 2. The van der Waals surface area contributed by atoms with Crippen molar-refractivity contribution in [3.8, 4) is 0 Å². The van der Waals surface area contributed by atoms with Gasteiger partial charge < -0.3 is 0 Å². The zero-order valence-corrected chi connectivity index (χ0v) is 7.49. The quantitative estimate of drug-likeness (QED) is 0.528. The second-order valence-electron chi connectivity index (χ2n) is 0.701. The van der Waals surface area contributed by atoms with Crippen LogP contribution in [0.4, 0.5) is 0 Å². The minimum Gasteiger partial charge on any atom is 0 e. The van der Waals surface area contributed by atoms with Crippen LogP contribution in [0.2, 0.25) is 0 Å². The monoisotopic (exact) mass is 442 g/mol. The molecule has 0 nitrogen and oxygen atoms in total. The zero-order valence-electron chi connectivity index (χ0n) is 2.94. The van der Waals surface area contributed by atoms with Crippen molar-refractivity contribution >= 4 is 0 Å². The molecule has 0 bridgehead atoms. The fourth-order valence-corrected chi connectivity index (χ4v) is 1.44. The Kier molecular flexibility index (Phi) is 4.60. The summed E-state index contributed by atoms with van der Waals surface area (Å²) in [7, 11) is 0. The molecule has 2 heteroatoms. The van der Waals surface area contributed by atoms with Crippen LogP contribution in [0.1, 0.15) is 0 Å². The van der Waals surface area contributed by atoms with Gasteiger partial charge in [-0.2, -0.15) is 0 Å². The molecule has 0 fully saturated rings. The Morgan fingerprint density at radius 1 is 1.00 bits per heavy atom. The summed E-state index contributed by atoms with van der Waals surface area (Å²) in [6.45, 7) is 0. The second kappa shape index (κ2) is 4.03. The predicted molar refractivity (Wildman–Crippen MR) is 18.3 cm³/mol. The van der Waals surface area contributed by atoms with E-state index in [2.05, 4.69) is 21.1 Å². The molecular formula is C4H4Pt2. The Hall–Kier alpha value is 0.857. The summed E-state index contributed by atoms with van der Waals surface area (Å²) in [6, 6.07) is 0. The molecule has 0 saturated heterocycles. The Morgan fingerprint density at radius 2 is 1.50 bits per heavy atom. The summed E-state index contributed by atoms with van der Waals surface area (Å²) in [4.78, 5) is 0. The van der Waals surface area contributed by atoms with Crippen LogP contribution in [0, 0.1) is 0 Å². The van der Waals surface area contributed by atoms with E-state index in [4.69, 9.17) is 0 Å². The number of hydrogen-bond donors (Lipinski definition) is 0. The van der Waals surface area contributed by atoms with Gasteiger partial charge in [0.1, 0.15) is 0 Å². The maximum Gasteiger partial charge on any atom is 0 e. The molecule has 1 aliphatic rings. The largest absolute Gasteiger partial charge is 0 e. The first kappa shape index (κ1) is 6.86. The van der Waals surface area contributed by atoms with Crippen molar-refractivity contribution in [3.05, 3.63) is 21.1 Å². The van der Waals surface area contributed by atoms with E-state index >= 15 is 0 Å². The van der Waals surface area contributed by atoms with Gasteiger partial charge >= 0.3 is 39.6 Å². The maximum absolute atomic E-state index is 2.24. The SMILES string of the molecule is C1=[CH][Pt][CH]=C1.[Pt]. The Bertz CT molecular complexity index is 63.6. The van der Waals surface area contributed by atoms with Crippen molar-refractivity contribution in [2.75, 3.05) is 0 Å². The molecule has 0 aromatic rings. The fraction of sp³-hybridized carbons (Fsp3) is 0. The fourth-order valence-electron chi connectivity index (χ4n) is 0.176. The van der Waals surface area contributed by atoms with E-state index in [0.717, 1.165) is 0 Å². The minimum absolute atomic E-state index is 0. The Labute approximate surface area is 60.5 Å². The molecule has 0 spiro atoms. The number of rotatable bonds is 0. The smallest absolute Gasteiger partial charge is 0 e. The predicted octanol–water partition coefficient (Wildman–Crippen LogP) is 1.11. The average Bonchev–Trinajstić information content (AvgIpc) is 1.76. The first-order chi connectivity index (χ1) is 2.50. The van der Waals surface area contributed by atoms with E-state index in [1.54, 1.807) is 0 Å². The zero-order chi connectivity index (χ0) is 3.54. The van der Waals surface area contributed by atoms with Gasteiger partial charge in [-0.3, -0.25) is 0 Å².